The van der Waals surface area contributed by atoms with Crippen LogP contribution in [0.2, 0.25) is 0 Å². The third-order valence-corrected chi connectivity index (χ3v) is 4.19. The Morgan fingerprint density at radius 2 is 2.11 bits per heavy atom. The number of halogens is 1. The van der Waals surface area contributed by atoms with Crippen LogP contribution in [0.15, 0.2) is 40.0 Å². The number of nitrogens with one attached hydrogen (secondary N) is 1. The van der Waals surface area contributed by atoms with Gasteiger partial charge in [0.25, 0.3) is 10.0 Å². The molecule has 1 aromatic carbocycles. The van der Waals surface area contributed by atoms with Crippen LogP contribution in [-0.4, -0.2) is 23.3 Å². The molecule has 1 heterocycles. The van der Waals surface area contributed by atoms with Crippen LogP contribution in [0.3, 0.4) is 0 Å². The van der Waals surface area contributed by atoms with E-state index in [1.54, 1.807) is 6.07 Å². The van der Waals surface area contributed by atoms with Crippen molar-refractivity contribution >= 4 is 31.6 Å². The summed E-state index contributed by atoms with van der Waals surface area (Å²) in [6, 6.07) is 5.85. The van der Waals surface area contributed by atoms with Gasteiger partial charge in [-0.2, -0.15) is 13.5 Å². The normalized spacial score (nSPS) is 11.4. The average molecular weight is 332 g/mol. The molecule has 18 heavy (non-hydrogen) atoms. The van der Waals surface area contributed by atoms with E-state index >= 15 is 0 Å². The first-order chi connectivity index (χ1) is 8.40. The minimum Gasteiger partial charge on any atom is -0.506 e. The number of aromatic hydroxyl groups is 1. The van der Waals surface area contributed by atoms with Gasteiger partial charge in [0.05, 0.1) is 11.9 Å². The summed E-state index contributed by atoms with van der Waals surface area (Å²) in [7, 11) is -2.25. The van der Waals surface area contributed by atoms with Crippen LogP contribution in [0.4, 0.5) is 5.69 Å². The molecule has 2 rings (SSSR count). The van der Waals surface area contributed by atoms with E-state index in [0.717, 1.165) is 0 Å². The number of phenols is 1. The Hall–Kier alpha value is -1.54. The molecule has 6 nitrogen and oxygen atoms in total. The fourth-order valence-electron chi connectivity index (χ4n) is 1.41. The third kappa shape index (κ3) is 2.49. The topological polar surface area (TPSA) is 84.2 Å². The lowest BCUT2D eigenvalue weighted by Crippen LogP contribution is -2.16. The molecule has 0 radical (unpaired) electrons. The number of aromatic nitrogens is 2. The fourth-order valence-corrected chi connectivity index (χ4v) is 2.97. The highest BCUT2D eigenvalue weighted by molar-refractivity contribution is 9.10. The molecule has 0 saturated heterocycles. The van der Waals surface area contributed by atoms with Gasteiger partial charge < -0.3 is 5.11 Å². The van der Waals surface area contributed by atoms with Crippen molar-refractivity contribution in [2.45, 2.75) is 5.03 Å². The molecule has 0 fully saturated rings. The molecule has 8 heteroatoms. The van der Waals surface area contributed by atoms with Gasteiger partial charge in [-0.15, -0.1) is 0 Å². The molecule has 0 atom stereocenters. The summed E-state index contributed by atoms with van der Waals surface area (Å²) < 4.78 is 28.3. The van der Waals surface area contributed by atoms with Crippen molar-refractivity contribution in [1.29, 1.82) is 0 Å². The minimum absolute atomic E-state index is 0.0156. The van der Waals surface area contributed by atoms with Crippen LogP contribution in [-0.2, 0) is 17.1 Å². The summed E-state index contributed by atoms with van der Waals surface area (Å²) in [6.45, 7) is 0. The van der Waals surface area contributed by atoms with Crippen LogP contribution in [0.1, 0.15) is 0 Å². The van der Waals surface area contributed by atoms with E-state index in [-0.39, 0.29) is 16.5 Å². The molecular formula is C10H10BrN3O3S. The van der Waals surface area contributed by atoms with Crippen molar-refractivity contribution in [3.63, 3.8) is 0 Å². The Morgan fingerprint density at radius 3 is 2.72 bits per heavy atom. The second-order valence-electron chi connectivity index (χ2n) is 3.56. The number of anilines is 1. The van der Waals surface area contributed by atoms with Gasteiger partial charge in [0.1, 0.15) is 5.75 Å². The average Bonchev–Trinajstić information content (AvgIpc) is 2.70. The molecule has 96 valence electrons. The standard InChI is InChI=1S/C10H10BrN3O3S/c1-14-10(4-5-12-14)18(16,17)13-8-6-7(11)2-3-9(8)15/h2-6,13,15H,1H3. The van der Waals surface area contributed by atoms with Crippen LogP contribution >= 0.6 is 15.9 Å². The molecule has 0 saturated carbocycles. The van der Waals surface area contributed by atoms with Crippen molar-refractivity contribution in [2.75, 3.05) is 4.72 Å². The lowest BCUT2D eigenvalue weighted by molar-refractivity contribution is 0.477. The number of hydrogen-bond donors (Lipinski definition) is 2. The highest BCUT2D eigenvalue weighted by Gasteiger charge is 2.19. The van der Waals surface area contributed by atoms with E-state index in [2.05, 4.69) is 25.8 Å². The van der Waals surface area contributed by atoms with Gasteiger partial charge in [0.2, 0.25) is 0 Å². The Balaban J connectivity index is 2.40. The second kappa shape index (κ2) is 4.62. The van der Waals surface area contributed by atoms with E-state index in [0.29, 0.717) is 4.47 Å². The maximum atomic E-state index is 12.0. The van der Waals surface area contributed by atoms with Gasteiger partial charge in [0, 0.05) is 11.5 Å². The summed E-state index contributed by atoms with van der Waals surface area (Å²) in [6.07, 6.45) is 1.38. The molecule has 0 aliphatic carbocycles. The SMILES string of the molecule is Cn1nccc1S(=O)(=O)Nc1cc(Br)ccc1O. The number of sulfonamides is 1. The summed E-state index contributed by atoms with van der Waals surface area (Å²) in [5.74, 6) is -0.149. The van der Waals surface area contributed by atoms with E-state index < -0.39 is 10.0 Å². The first kappa shape index (κ1) is 12.9. The predicted molar refractivity (Wildman–Crippen MR) is 69.8 cm³/mol. The largest absolute Gasteiger partial charge is 0.506 e. The summed E-state index contributed by atoms with van der Waals surface area (Å²) in [5.41, 5.74) is 0.102. The van der Waals surface area contributed by atoms with Crippen LogP contribution in [0.25, 0.3) is 0 Å². The van der Waals surface area contributed by atoms with Gasteiger partial charge in [-0.1, -0.05) is 15.9 Å². The quantitative estimate of drug-likeness (QED) is 0.838. The lowest BCUT2D eigenvalue weighted by Gasteiger charge is -2.09. The highest BCUT2D eigenvalue weighted by Crippen LogP contribution is 2.28. The van der Waals surface area contributed by atoms with Crippen molar-refractivity contribution in [3.8, 4) is 5.75 Å². The molecular weight excluding hydrogens is 322 g/mol. The van der Waals surface area contributed by atoms with Crippen LogP contribution in [0.5, 0.6) is 5.75 Å². The Morgan fingerprint density at radius 1 is 1.39 bits per heavy atom. The number of rotatable bonds is 3. The maximum Gasteiger partial charge on any atom is 0.279 e. The number of nitrogens with zero attached hydrogens (tertiary/aromatic N) is 2. The molecule has 2 aromatic rings. The number of phenolic OH excluding ortho intramolecular Hbond substituents is 1. The Kier molecular flexibility index (Phi) is 3.31. The minimum atomic E-state index is -3.77. The third-order valence-electron chi connectivity index (χ3n) is 2.25. The first-order valence-corrected chi connectivity index (χ1v) is 7.17. The predicted octanol–water partition coefficient (Wildman–Crippen LogP) is 1.69. The van der Waals surface area contributed by atoms with Crippen molar-refractivity contribution in [3.05, 3.63) is 34.9 Å². The smallest absolute Gasteiger partial charge is 0.279 e. The molecule has 2 N–H and O–H groups in total. The summed E-state index contributed by atoms with van der Waals surface area (Å²) in [5, 5.41) is 13.4. The highest BCUT2D eigenvalue weighted by atomic mass is 79.9. The molecule has 0 aliphatic heterocycles. The van der Waals surface area contributed by atoms with Crippen LogP contribution in [0, 0.1) is 0 Å². The zero-order valence-electron chi connectivity index (χ0n) is 9.33. The summed E-state index contributed by atoms with van der Waals surface area (Å²) >= 11 is 3.20. The zero-order chi connectivity index (χ0) is 13.3. The monoisotopic (exact) mass is 331 g/mol. The van der Waals surface area contributed by atoms with Gasteiger partial charge in [-0.3, -0.25) is 9.40 Å². The van der Waals surface area contributed by atoms with Gasteiger partial charge in [-0.05, 0) is 24.3 Å². The van der Waals surface area contributed by atoms with Crippen molar-refractivity contribution < 1.29 is 13.5 Å². The van der Waals surface area contributed by atoms with Gasteiger partial charge >= 0.3 is 0 Å². The van der Waals surface area contributed by atoms with Crippen LogP contribution < -0.4 is 4.72 Å². The number of aryl methyl sites for hydroxylation is 1. The molecule has 1 aromatic heterocycles. The Bertz CT molecular complexity index is 681. The van der Waals surface area contributed by atoms with E-state index in [4.69, 9.17) is 0 Å². The molecule has 0 spiro atoms. The summed E-state index contributed by atoms with van der Waals surface area (Å²) in [4.78, 5) is 0. The first-order valence-electron chi connectivity index (χ1n) is 4.89. The maximum absolute atomic E-state index is 12.0. The van der Waals surface area contributed by atoms with Gasteiger partial charge in [-0.25, -0.2) is 0 Å². The number of hydrogen-bond acceptors (Lipinski definition) is 4. The molecule has 0 bridgehead atoms. The van der Waals surface area contributed by atoms with E-state index in [1.165, 1.54) is 36.1 Å². The van der Waals surface area contributed by atoms with E-state index in [9.17, 15) is 13.5 Å². The Labute approximate surface area is 112 Å². The van der Waals surface area contributed by atoms with Crippen molar-refractivity contribution in [1.82, 2.24) is 9.78 Å². The molecule has 0 amide bonds. The van der Waals surface area contributed by atoms with Crippen molar-refractivity contribution in [2.24, 2.45) is 7.05 Å². The van der Waals surface area contributed by atoms with E-state index in [1.807, 2.05) is 0 Å². The molecule has 0 aliphatic rings. The second-order valence-corrected chi connectivity index (χ2v) is 6.10. The number of benzene rings is 1. The fraction of sp³-hybridized carbons (Fsp3) is 0.100. The molecule has 0 unspecified atom stereocenters. The van der Waals surface area contributed by atoms with Gasteiger partial charge in [0.15, 0.2) is 5.03 Å². The zero-order valence-corrected chi connectivity index (χ0v) is 11.7. The lowest BCUT2D eigenvalue weighted by atomic mass is 10.3.